The van der Waals surface area contributed by atoms with Gasteiger partial charge in [-0.25, -0.2) is 4.39 Å². The molecule has 0 amide bonds. The number of benzene rings is 1. The molecule has 2 aromatic rings. The van der Waals surface area contributed by atoms with E-state index in [-0.39, 0.29) is 16.9 Å². The molecule has 0 aliphatic rings. The van der Waals surface area contributed by atoms with Crippen LogP contribution in [0.3, 0.4) is 0 Å². The summed E-state index contributed by atoms with van der Waals surface area (Å²) in [7, 11) is 0. The fraction of sp³-hybridized carbons (Fsp3) is 0.286. The van der Waals surface area contributed by atoms with E-state index < -0.39 is 0 Å². The number of thiophene rings is 1. The van der Waals surface area contributed by atoms with Gasteiger partial charge in [0.1, 0.15) is 5.82 Å². The highest BCUT2D eigenvalue weighted by Crippen LogP contribution is 2.30. The summed E-state index contributed by atoms with van der Waals surface area (Å²) >= 11 is 7.57. The van der Waals surface area contributed by atoms with Crippen molar-refractivity contribution in [2.75, 3.05) is 6.54 Å². The summed E-state index contributed by atoms with van der Waals surface area (Å²) in [4.78, 5) is 1.27. The number of hydrogen-bond acceptors (Lipinski definition) is 2. The predicted molar refractivity (Wildman–Crippen MR) is 76.0 cm³/mol. The molecule has 1 heterocycles. The van der Waals surface area contributed by atoms with E-state index in [1.54, 1.807) is 23.5 Å². The van der Waals surface area contributed by atoms with Gasteiger partial charge >= 0.3 is 0 Å². The molecule has 2 rings (SSSR count). The van der Waals surface area contributed by atoms with Gasteiger partial charge in [0.25, 0.3) is 0 Å². The minimum Gasteiger partial charge on any atom is -0.306 e. The van der Waals surface area contributed by atoms with Crippen LogP contribution in [0.5, 0.6) is 0 Å². The highest BCUT2D eigenvalue weighted by molar-refractivity contribution is 7.10. The van der Waals surface area contributed by atoms with Crippen LogP contribution >= 0.6 is 22.9 Å². The van der Waals surface area contributed by atoms with Crippen LogP contribution in [0, 0.1) is 12.7 Å². The highest BCUT2D eigenvalue weighted by Gasteiger charge is 2.17. The van der Waals surface area contributed by atoms with Crippen molar-refractivity contribution in [2.24, 2.45) is 0 Å². The molecule has 0 fully saturated rings. The lowest BCUT2D eigenvalue weighted by Gasteiger charge is -2.19. The van der Waals surface area contributed by atoms with Crippen LogP contribution in [-0.4, -0.2) is 6.54 Å². The van der Waals surface area contributed by atoms with Gasteiger partial charge in [0.05, 0.1) is 11.1 Å². The third-order valence-corrected chi connectivity index (χ3v) is 4.05. The first-order valence-corrected chi connectivity index (χ1v) is 7.11. The Bertz CT molecular complexity index is 538. The first-order valence-electron chi connectivity index (χ1n) is 5.85. The summed E-state index contributed by atoms with van der Waals surface area (Å²) in [5, 5.41) is 5.65. The molecule has 1 N–H and O–H groups in total. The van der Waals surface area contributed by atoms with E-state index in [1.165, 1.54) is 16.5 Å². The molecule has 1 aromatic heterocycles. The van der Waals surface area contributed by atoms with Crippen molar-refractivity contribution >= 4 is 22.9 Å². The Morgan fingerprint density at radius 1 is 1.39 bits per heavy atom. The van der Waals surface area contributed by atoms with Crippen LogP contribution in [0.2, 0.25) is 5.02 Å². The topological polar surface area (TPSA) is 12.0 Å². The molecule has 0 saturated carbocycles. The lowest BCUT2D eigenvalue weighted by Crippen LogP contribution is -2.22. The molecule has 1 nitrogen and oxygen atoms in total. The predicted octanol–water partition coefficient (Wildman–Crippen LogP) is 4.55. The zero-order chi connectivity index (χ0) is 13.1. The molecular formula is C14H15ClFNS. The van der Waals surface area contributed by atoms with Crippen LogP contribution in [0.1, 0.15) is 29.0 Å². The van der Waals surface area contributed by atoms with E-state index in [2.05, 4.69) is 30.6 Å². The first kappa shape index (κ1) is 13.5. The Balaban J connectivity index is 2.41. The maximum absolute atomic E-state index is 13.2. The van der Waals surface area contributed by atoms with Crippen molar-refractivity contribution in [3.05, 3.63) is 56.5 Å². The van der Waals surface area contributed by atoms with Gasteiger partial charge in [0, 0.05) is 4.88 Å². The normalized spacial score (nSPS) is 12.7. The molecule has 1 unspecified atom stereocenters. The average molecular weight is 284 g/mol. The number of rotatable bonds is 4. The highest BCUT2D eigenvalue weighted by atomic mass is 35.5. The van der Waals surface area contributed by atoms with E-state index in [0.29, 0.717) is 0 Å². The van der Waals surface area contributed by atoms with Gasteiger partial charge in [-0.2, -0.15) is 0 Å². The summed E-state index contributed by atoms with van der Waals surface area (Å²) in [6, 6.07) is 7.07. The molecule has 18 heavy (non-hydrogen) atoms. The maximum Gasteiger partial charge on any atom is 0.141 e. The SMILES string of the molecule is CCNC(c1ccc(F)c(Cl)c1)c1ccsc1C. The van der Waals surface area contributed by atoms with Gasteiger partial charge < -0.3 is 5.32 Å². The Labute approximate surface area is 116 Å². The third kappa shape index (κ3) is 2.74. The zero-order valence-corrected chi connectivity index (χ0v) is 11.9. The van der Waals surface area contributed by atoms with Crippen LogP contribution in [0.25, 0.3) is 0 Å². The molecule has 0 spiro atoms. The van der Waals surface area contributed by atoms with Crippen LogP contribution in [0.15, 0.2) is 29.6 Å². The second kappa shape index (κ2) is 5.83. The molecule has 0 saturated heterocycles. The Hall–Kier alpha value is -0.900. The number of aryl methyl sites for hydroxylation is 1. The van der Waals surface area contributed by atoms with E-state index in [9.17, 15) is 4.39 Å². The largest absolute Gasteiger partial charge is 0.306 e. The molecule has 0 aliphatic carbocycles. The Morgan fingerprint density at radius 2 is 2.17 bits per heavy atom. The maximum atomic E-state index is 13.2. The van der Waals surface area contributed by atoms with Crippen molar-refractivity contribution < 1.29 is 4.39 Å². The standard InChI is InChI=1S/C14H15ClFNS/c1-3-17-14(11-6-7-18-9(11)2)10-4-5-13(16)12(15)8-10/h4-8,14,17H,3H2,1-2H3. The summed E-state index contributed by atoms with van der Waals surface area (Å²) in [5.74, 6) is -0.377. The fourth-order valence-corrected chi connectivity index (χ4v) is 2.93. The van der Waals surface area contributed by atoms with E-state index in [4.69, 9.17) is 11.6 Å². The molecule has 0 aliphatic heterocycles. The molecule has 4 heteroatoms. The van der Waals surface area contributed by atoms with Gasteiger partial charge in [0.15, 0.2) is 0 Å². The van der Waals surface area contributed by atoms with Gasteiger partial charge in [-0.3, -0.25) is 0 Å². The minimum absolute atomic E-state index is 0.0688. The van der Waals surface area contributed by atoms with E-state index in [0.717, 1.165) is 12.1 Å². The quantitative estimate of drug-likeness (QED) is 0.868. The van der Waals surface area contributed by atoms with Crippen molar-refractivity contribution in [3.8, 4) is 0 Å². The average Bonchev–Trinajstić information content (AvgIpc) is 2.76. The summed E-state index contributed by atoms with van der Waals surface area (Å²) in [5.41, 5.74) is 2.22. The summed E-state index contributed by atoms with van der Waals surface area (Å²) in [6.45, 7) is 4.99. The number of halogens is 2. The van der Waals surface area contributed by atoms with Crippen LogP contribution < -0.4 is 5.32 Å². The van der Waals surface area contributed by atoms with Crippen molar-refractivity contribution in [1.82, 2.24) is 5.32 Å². The van der Waals surface area contributed by atoms with Gasteiger partial charge in [-0.05, 0) is 48.2 Å². The molecule has 1 aromatic carbocycles. The zero-order valence-electron chi connectivity index (χ0n) is 10.3. The van der Waals surface area contributed by atoms with Crippen molar-refractivity contribution in [3.63, 3.8) is 0 Å². The fourth-order valence-electron chi connectivity index (χ4n) is 2.00. The molecule has 0 bridgehead atoms. The van der Waals surface area contributed by atoms with Crippen LogP contribution in [-0.2, 0) is 0 Å². The molecule has 1 atom stereocenters. The van der Waals surface area contributed by atoms with Crippen molar-refractivity contribution in [1.29, 1.82) is 0 Å². The minimum atomic E-state index is -0.377. The third-order valence-electron chi connectivity index (χ3n) is 2.90. The second-order valence-electron chi connectivity index (χ2n) is 4.10. The summed E-state index contributed by atoms with van der Waals surface area (Å²) < 4.78 is 13.2. The van der Waals surface area contributed by atoms with Crippen LogP contribution in [0.4, 0.5) is 4.39 Å². The van der Waals surface area contributed by atoms with Gasteiger partial charge in [-0.1, -0.05) is 24.6 Å². The van der Waals surface area contributed by atoms with E-state index in [1.807, 2.05) is 0 Å². The smallest absolute Gasteiger partial charge is 0.141 e. The monoisotopic (exact) mass is 283 g/mol. The first-order chi connectivity index (χ1) is 8.63. The summed E-state index contributed by atoms with van der Waals surface area (Å²) in [6.07, 6.45) is 0. The van der Waals surface area contributed by atoms with Crippen molar-refractivity contribution in [2.45, 2.75) is 19.9 Å². The Kier molecular flexibility index (Phi) is 4.38. The molecule has 96 valence electrons. The molecular weight excluding hydrogens is 269 g/mol. The van der Waals surface area contributed by atoms with E-state index >= 15 is 0 Å². The van der Waals surface area contributed by atoms with Gasteiger partial charge in [0.2, 0.25) is 0 Å². The number of hydrogen-bond donors (Lipinski definition) is 1. The lowest BCUT2D eigenvalue weighted by molar-refractivity contribution is 0.613. The molecule has 0 radical (unpaired) electrons. The van der Waals surface area contributed by atoms with Gasteiger partial charge in [-0.15, -0.1) is 11.3 Å². The Morgan fingerprint density at radius 3 is 2.72 bits per heavy atom. The second-order valence-corrected chi connectivity index (χ2v) is 5.62. The number of nitrogens with one attached hydrogen (secondary N) is 1. The lowest BCUT2D eigenvalue weighted by atomic mass is 9.99.